The molecule has 1 aromatic rings. The third-order valence-electron chi connectivity index (χ3n) is 2.16. The Morgan fingerprint density at radius 1 is 1.85 bits per heavy atom. The maximum absolute atomic E-state index is 10.6. The molecule has 5 heteroatoms. The number of carboxylic acids is 1. The number of hydrogen-bond donors (Lipinski definition) is 2. The molecule has 1 aliphatic rings. The van der Waals surface area contributed by atoms with Crippen LogP contribution in [0.3, 0.4) is 0 Å². The van der Waals surface area contributed by atoms with Crippen molar-refractivity contribution in [1.82, 2.24) is 15.1 Å². The van der Waals surface area contributed by atoms with E-state index in [4.69, 9.17) is 5.11 Å². The molecule has 13 heavy (non-hydrogen) atoms. The van der Waals surface area contributed by atoms with Gasteiger partial charge in [0.25, 0.3) is 0 Å². The molecule has 0 amide bonds. The maximum atomic E-state index is 10.6. The second-order valence-electron chi connectivity index (χ2n) is 3.29. The van der Waals surface area contributed by atoms with Gasteiger partial charge >= 0.3 is 5.97 Å². The van der Waals surface area contributed by atoms with Gasteiger partial charge in [0.1, 0.15) is 0 Å². The highest BCUT2D eigenvalue weighted by molar-refractivity contribution is 5.85. The molecule has 1 aromatic heterocycles. The van der Waals surface area contributed by atoms with Crippen molar-refractivity contribution in [2.24, 2.45) is 0 Å². The van der Waals surface area contributed by atoms with Crippen molar-refractivity contribution >= 4 is 5.97 Å². The molecule has 1 unspecified atom stereocenters. The van der Waals surface area contributed by atoms with Gasteiger partial charge in [-0.1, -0.05) is 0 Å². The molecule has 2 heterocycles. The Labute approximate surface area is 75.4 Å². The summed E-state index contributed by atoms with van der Waals surface area (Å²) >= 11 is 0. The molecular weight excluding hydrogens is 170 g/mol. The van der Waals surface area contributed by atoms with Crippen molar-refractivity contribution < 1.29 is 9.90 Å². The normalized spacial score (nSPS) is 21.2. The molecule has 2 N–H and O–H groups in total. The Morgan fingerprint density at radius 2 is 2.62 bits per heavy atom. The summed E-state index contributed by atoms with van der Waals surface area (Å²) in [5.74, 6) is -0.963. The van der Waals surface area contributed by atoms with E-state index >= 15 is 0 Å². The van der Waals surface area contributed by atoms with Gasteiger partial charge in [-0.25, -0.2) is 4.79 Å². The average Bonchev–Trinajstić information content (AvgIpc) is 2.46. The Hall–Kier alpha value is -1.36. The van der Waals surface area contributed by atoms with Crippen LogP contribution in [0.2, 0.25) is 0 Å². The Bertz CT molecular complexity index is 345. The minimum atomic E-state index is -0.963. The lowest BCUT2D eigenvalue weighted by atomic mass is 10.2. The van der Waals surface area contributed by atoms with Crippen LogP contribution < -0.4 is 5.32 Å². The maximum Gasteiger partial charge on any atom is 0.356 e. The number of rotatable bonds is 1. The van der Waals surface area contributed by atoms with Crippen LogP contribution in [0.15, 0.2) is 6.07 Å². The molecule has 5 nitrogen and oxygen atoms in total. The minimum Gasteiger partial charge on any atom is -0.476 e. The Balaban J connectivity index is 2.33. The molecule has 0 fully saturated rings. The fourth-order valence-electron chi connectivity index (χ4n) is 1.46. The van der Waals surface area contributed by atoms with E-state index in [0.29, 0.717) is 12.6 Å². The zero-order valence-electron chi connectivity index (χ0n) is 7.32. The van der Waals surface area contributed by atoms with E-state index in [2.05, 4.69) is 10.4 Å². The summed E-state index contributed by atoms with van der Waals surface area (Å²) in [7, 11) is 0. The fourth-order valence-corrected chi connectivity index (χ4v) is 1.46. The highest BCUT2D eigenvalue weighted by atomic mass is 16.4. The summed E-state index contributed by atoms with van der Waals surface area (Å²) in [6, 6.07) is 1.97. The predicted molar refractivity (Wildman–Crippen MR) is 45.5 cm³/mol. The van der Waals surface area contributed by atoms with Crippen LogP contribution in [0.5, 0.6) is 0 Å². The van der Waals surface area contributed by atoms with E-state index in [9.17, 15) is 4.79 Å². The number of carbonyl (C=O) groups is 1. The van der Waals surface area contributed by atoms with Gasteiger partial charge in [-0.05, 0) is 13.0 Å². The highest BCUT2D eigenvalue weighted by Crippen LogP contribution is 2.10. The van der Waals surface area contributed by atoms with Crippen LogP contribution in [0.1, 0.15) is 23.1 Å². The number of aromatic nitrogens is 2. The molecule has 0 bridgehead atoms. The van der Waals surface area contributed by atoms with Crippen LogP contribution in [0.25, 0.3) is 0 Å². The van der Waals surface area contributed by atoms with E-state index in [1.807, 2.05) is 6.92 Å². The number of hydrogen-bond acceptors (Lipinski definition) is 3. The lowest BCUT2D eigenvalue weighted by molar-refractivity contribution is 0.0689. The standard InChI is InChI=1S/C8H11N3O2/c1-5-4-11-6(3-9-5)2-7(10-11)8(12)13/h2,5,9H,3-4H2,1H3,(H,12,13). The first kappa shape index (κ1) is 8.25. The molecule has 0 radical (unpaired) electrons. The minimum absolute atomic E-state index is 0.130. The van der Waals surface area contributed by atoms with Crippen molar-refractivity contribution in [3.05, 3.63) is 17.5 Å². The van der Waals surface area contributed by atoms with Gasteiger partial charge in [0.05, 0.1) is 12.2 Å². The number of aromatic carboxylic acids is 1. The van der Waals surface area contributed by atoms with E-state index in [-0.39, 0.29) is 5.69 Å². The summed E-state index contributed by atoms with van der Waals surface area (Å²) in [4.78, 5) is 10.6. The van der Waals surface area contributed by atoms with Crippen molar-refractivity contribution in [3.63, 3.8) is 0 Å². The summed E-state index contributed by atoms with van der Waals surface area (Å²) in [6.45, 7) is 3.48. The fraction of sp³-hybridized carbons (Fsp3) is 0.500. The first-order chi connectivity index (χ1) is 6.16. The van der Waals surface area contributed by atoms with Gasteiger partial charge in [-0.2, -0.15) is 5.10 Å². The molecule has 0 spiro atoms. The summed E-state index contributed by atoms with van der Waals surface area (Å²) < 4.78 is 1.75. The number of fused-ring (bicyclic) bond motifs is 1. The number of nitrogens with one attached hydrogen (secondary N) is 1. The number of nitrogens with zero attached hydrogens (tertiary/aromatic N) is 2. The largest absolute Gasteiger partial charge is 0.476 e. The average molecular weight is 181 g/mol. The van der Waals surface area contributed by atoms with Crippen molar-refractivity contribution in [2.75, 3.05) is 0 Å². The van der Waals surface area contributed by atoms with E-state index in [1.165, 1.54) is 0 Å². The summed E-state index contributed by atoms with van der Waals surface area (Å²) in [6.07, 6.45) is 0. The van der Waals surface area contributed by atoms with Crippen LogP contribution in [0, 0.1) is 0 Å². The third kappa shape index (κ3) is 1.42. The van der Waals surface area contributed by atoms with E-state index in [1.54, 1.807) is 10.7 Å². The van der Waals surface area contributed by atoms with Crippen molar-refractivity contribution in [1.29, 1.82) is 0 Å². The van der Waals surface area contributed by atoms with Gasteiger partial charge in [-0.15, -0.1) is 0 Å². The zero-order chi connectivity index (χ0) is 9.42. The quantitative estimate of drug-likeness (QED) is 0.643. The summed E-state index contributed by atoms with van der Waals surface area (Å²) in [5.41, 5.74) is 1.07. The van der Waals surface area contributed by atoms with Crippen LogP contribution in [-0.4, -0.2) is 26.9 Å². The smallest absolute Gasteiger partial charge is 0.356 e. The second-order valence-corrected chi connectivity index (χ2v) is 3.29. The van der Waals surface area contributed by atoms with E-state index in [0.717, 1.165) is 12.2 Å². The molecule has 70 valence electrons. The van der Waals surface area contributed by atoms with Gasteiger partial charge in [0, 0.05) is 12.6 Å². The first-order valence-corrected chi connectivity index (χ1v) is 4.20. The third-order valence-corrected chi connectivity index (χ3v) is 2.16. The lowest BCUT2D eigenvalue weighted by Crippen LogP contribution is -2.36. The lowest BCUT2D eigenvalue weighted by Gasteiger charge is -2.21. The number of carboxylic acid groups (broad SMARTS) is 1. The van der Waals surface area contributed by atoms with E-state index < -0.39 is 5.97 Å². The molecule has 0 aliphatic carbocycles. The molecule has 1 aliphatic heterocycles. The molecule has 2 rings (SSSR count). The second kappa shape index (κ2) is 2.85. The molecule has 0 saturated heterocycles. The molecule has 0 aromatic carbocycles. The van der Waals surface area contributed by atoms with Gasteiger partial charge in [0.2, 0.25) is 0 Å². The van der Waals surface area contributed by atoms with Gasteiger partial charge in [-0.3, -0.25) is 4.68 Å². The van der Waals surface area contributed by atoms with Crippen molar-refractivity contribution in [2.45, 2.75) is 26.1 Å². The Kier molecular flexibility index (Phi) is 1.81. The highest BCUT2D eigenvalue weighted by Gasteiger charge is 2.18. The van der Waals surface area contributed by atoms with Gasteiger partial charge < -0.3 is 10.4 Å². The SMILES string of the molecule is CC1Cn2nc(C(=O)O)cc2CN1. The topological polar surface area (TPSA) is 67.2 Å². The molecule has 0 saturated carbocycles. The molecular formula is C8H11N3O2. The monoisotopic (exact) mass is 181 g/mol. The first-order valence-electron chi connectivity index (χ1n) is 4.20. The van der Waals surface area contributed by atoms with Crippen LogP contribution in [0.4, 0.5) is 0 Å². The zero-order valence-corrected chi connectivity index (χ0v) is 7.32. The summed E-state index contributed by atoms with van der Waals surface area (Å²) in [5, 5.41) is 15.9. The van der Waals surface area contributed by atoms with Gasteiger partial charge in [0.15, 0.2) is 5.69 Å². The molecule has 1 atom stereocenters. The van der Waals surface area contributed by atoms with Crippen molar-refractivity contribution in [3.8, 4) is 0 Å². The van der Waals surface area contributed by atoms with Crippen LogP contribution >= 0.6 is 0 Å². The Morgan fingerprint density at radius 3 is 3.31 bits per heavy atom. The van der Waals surface area contributed by atoms with Crippen LogP contribution in [-0.2, 0) is 13.1 Å². The predicted octanol–water partition coefficient (Wildman–Crippen LogP) is 0.0730.